The number of anilines is 1. The van der Waals surface area contributed by atoms with Crippen LogP contribution in [-0.4, -0.2) is 38.0 Å². The SMILES string of the molecule is CCOC(=O)C1(Nc2ccccc2F)CCS(=O)(=O)CC1. The van der Waals surface area contributed by atoms with Crippen molar-refractivity contribution in [2.24, 2.45) is 0 Å². The van der Waals surface area contributed by atoms with Crippen molar-refractivity contribution in [3.05, 3.63) is 30.1 Å². The van der Waals surface area contributed by atoms with Crippen LogP contribution >= 0.6 is 0 Å². The molecular weight excluding hydrogens is 297 g/mol. The zero-order valence-electron chi connectivity index (χ0n) is 11.8. The molecule has 1 N–H and O–H groups in total. The molecule has 1 aromatic rings. The minimum atomic E-state index is -3.15. The largest absolute Gasteiger partial charge is 0.464 e. The topological polar surface area (TPSA) is 72.5 Å². The molecule has 7 heteroatoms. The third-order valence-electron chi connectivity index (χ3n) is 3.59. The molecule has 1 fully saturated rings. The molecule has 0 aromatic heterocycles. The van der Waals surface area contributed by atoms with Gasteiger partial charge in [-0.1, -0.05) is 12.1 Å². The molecule has 21 heavy (non-hydrogen) atoms. The van der Waals surface area contributed by atoms with E-state index in [4.69, 9.17) is 4.74 Å². The van der Waals surface area contributed by atoms with Gasteiger partial charge < -0.3 is 10.1 Å². The molecule has 0 amide bonds. The van der Waals surface area contributed by atoms with Crippen LogP contribution < -0.4 is 5.32 Å². The van der Waals surface area contributed by atoms with Gasteiger partial charge in [-0.15, -0.1) is 0 Å². The van der Waals surface area contributed by atoms with E-state index in [1.54, 1.807) is 19.1 Å². The van der Waals surface area contributed by atoms with Crippen LogP contribution in [0.4, 0.5) is 10.1 Å². The van der Waals surface area contributed by atoms with Gasteiger partial charge in [-0.2, -0.15) is 0 Å². The van der Waals surface area contributed by atoms with Crippen LogP contribution in [0.25, 0.3) is 0 Å². The minimum Gasteiger partial charge on any atom is -0.464 e. The summed E-state index contributed by atoms with van der Waals surface area (Å²) >= 11 is 0. The predicted molar refractivity (Wildman–Crippen MR) is 77.3 cm³/mol. The highest BCUT2D eigenvalue weighted by Crippen LogP contribution is 2.30. The van der Waals surface area contributed by atoms with E-state index in [0.29, 0.717) is 0 Å². The number of nitrogens with one attached hydrogen (secondary N) is 1. The lowest BCUT2D eigenvalue weighted by molar-refractivity contribution is -0.148. The Morgan fingerprint density at radius 2 is 1.95 bits per heavy atom. The van der Waals surface area contributed by atoms with Gasteiger partial charge in [-0.05, 0) is 31.9 Å². The molecule has 0 aliphatic carbocycles. The summed E-state index contributed by atoms with van der Waals surface area (Å²) in [5.41, 5.74) is -1.02. The van der Waals surface area contributed by atoms with Crippen LogP contribution in [0.5, 0.6) is 0 Å². The lowest BCUT2D eigenvalue weighted by atomic mass is 9.91. The first-order valence-corrected chi connectivity index (χ1v) is 8.61. The Morgan fingerprint density at radius 3 is 2.52 bits per heavy atom. The first-order valence-electron chi connectivity index (χ1n) is 6.79. The lowest BCUT2D eigenvalue weighted by Gasteiger charge is -2.36. The molecule has 1 heterocycles. The van der Waals surface area contributed by atoms with Crippen LogP contribution in [0.15, 0.2) is 24.3 Å². The normalized spacial score (nSPS) is 19.7. The first-order chi connectivity index (χ1) is 9.88. The molecule has 0 unspecified atom stereocenters. The molecule has 0 radical (unpaired) electrons. The summed E-state index contributed by atoms with van der Waals surface area (Å²) in [4.78, 5) is 12.2. The molecule has 0 saturated carbocycles. The fourth-order valence-corrected chi connectivity index (χ4v) is 3.88. The molecular formula is C14H18FNO4S. The van der Waals surface area contributed by atoms with Gasteiger partial charge in [0, 0.05) is 0 Å². The third kappa shape index (κ3) is 3.53. The van der Waals surface area contributed by atoms with E-state index in [1.807, 2.05) is 0 Å². The summed E-state index contributed by atoms with van der Waals surface area (Å²) in [6.07, 6.45) is 0.144. The Morgan fingerprint density at radius 1 is 1.33 bits per heavy atom. The summed E-state index contributed by atoms with van der Waals surface area (Å²) in [5, 5.41) is 2.87. The number of sulfone groups is 1. The molecule has 1 aromatic carbocycles. The van der Waals surface area contributed by atoms with Crippen molar-refractivity contribution in [3.8, 4) is 0 Å². The third-order valence-corrected chi connectivity index (χ3v) is 5.25. The van der Waals surface area contributed by atoms with Crippen LogP contribution in [-0.2, 0) is 19.4 Å². The van der Waals surface area contributed by atoms with Gasteiger partial charge in [0.05, 0.1) is 23.8 Å². The Hall–Kier alpha value is -1.63. The maximum Gasteiger partial charge on any atom is 0.331 e. The van der Waals surface area contributed by atoms with Gasteiger partial charge in [0.2, 0.25) is 0 Å². The molecule has 1 saturated heterocycles. The van der Waals surface area contributed by atoms with Gasteiger partial charge in [0.25, 0.3) is 0 Å². The minimum absolute atomic E-state index is 0.0719. The molecule has 0 bridgehead atoms. The second kappa shape index (κ2) is 6.01. The number of carbonyl (C=O) groups is 1. The van der Waals surface area contributed by atoms with Gasteiger partial charge >= 0.3 is 5.97 Å². The van der Waals surface area contributed by atoms with Crippen LogP contribution in [0.1, 0.15) is 19.8 Å². The first kappa shape index (κ1) is 15.8. The fraction of sp³-hybridized carbons (Fsp3) is 0.500. The summed E-state index contributed by atoms with van der Waals surface area (Å²) in [5.74, 6) is -1.27. The predicted octanol–water partition coefficient (Wildman–Crippen LogP) is 1.75. The van der Waals surface area contributed by atoms with E-state index in [1.165, 1.54) is 12.1 Å². The van der Waals surface area contributed by atoms with Gasteiger partial charge in [-0.3, -0.25) is 0 Å². The molecule has 5 nitrogen and oxygen atoms in total. The smallest absolute Gasteiger partial charge is 0.331 e. The zero-order chi connectivity index (χ0) is 15.5. The average molecular weight is 315 g/mol. The van der Waals surface area contributed by atoms with E-state index in [-0.39, 0.29) is 36.6 Å². The Kier molecular flexibility index (Phi) is 4.51. The van der Waals surface area contributed by atoms with Crippen LogP contribution in [0.2, 0.25) is 0 Å². The standard InChI is InChI=1S/C14H18FNO4S/c1-2-20-13(17)14(7-9-21(18,19)10-8-14)16-12-6-4-3-5-11(12)15/h3-6,16H,2,7-10H2,1H3. The highest BCUT2D eigenvalue weighted by atomic mass is 32.2. The van der Waals surface area contributed by atoms with Crippen molar-refractivity contribution in [1.29, 1.82) is 0 Å². The Balaban J connectivity index is 2.29. The van der Waals surface area contributed by atoms with E-state index in [0.717, 1.165) is 0 Å². The van der Waals surface area contributed by atoms with E-state index >= 15 is 0 Å². The van der Waals surface area contributed by atoms with Gasteiger partial charge in [-0.25, -0.2) is 17.6 Å². The molecule has 1 aliphatic heterocycles. The summed E-state index contributed by atoms with van der Waals surface area (Å²) in [6, 6.07) is 5.98. The number of esters is 1. The monoisotopic (exact) mass is 315 g/mol. The number of halogens is 1. The molecule has 0 atom stereocenters. The van der Waals surface area contributed by atoms with Crippen molar-refractivity contribution in [3.63, 3.8) is 0 Å². The second-order valence-electron chi connectivity index (χ2n) is 5.06. The highest BCUT2D eigenvalue weighted by molar-refractivity contribution is 7.91. The number of hydrogen-bond acceptors (Lipinski definition) is 5. The van der Waals surface area contributed by atoms with Gasteiger partial charge in [0.1, 0.15) is 11.4 Å². The summed E-state index contributed by atoms with van der Waals surface area (Å²) in [7, 11) is -3.15. The van der Waals surface area contributed by atoms with Crippen molar-refractivity contribution >= 4 is 21.5 Å². The number of ether oxygens (including phenoxy) is 1. The van der Waals surface area contributed by atoms with E-state index < -0.39 is 27.2 Å². The van der Waals surface area contributed by atoms with E-state index in [9.17, 15) is 17.6 Å². The lowest BCUT2D eigenvalue weighted by Crippen LogP contribution is -2.53. The molecule has 0 spiro atoms. The van der Waals surface area contributed by atoms with Crippen molar-refractivity contribution in [2.75, 3.05) is 23.4 Å². The van der Waals surface area contributed by atoms with Crippen LogP contribution in [0, 0.1) is 5.82 Å². The van der Waals surface area contributed by atoms with E-state index in [2.05, 4.69) is 5.32 Å². The highest BCUT2D eigenvalue weighted by Gasteiger charge is 2.45. The summed E-state index contributed by atoms with van der Waals surface area (Å²) < 4.78 is 42.0. The number of rotatable bonds is 4. The maximum atomic E-state index is 13.8. The van der Waals surface area contributed by atoms with Gasteiger partial charge in [0.15, 0.2) is 9.84 Å². The second-order valence-corrected chi connectivity index (χ2v) is 7.36. The van der Waals surface area contributed by atoms with Crippen LogP contribution in [0.3, 0.4) is 0 Å². The molecule has 1 aliphatic rings. The number of hydrogen-bond donors (Lipinski definition) is 1. The molecule has 2 rings (SSSR count). The fourth-order valence-electron chi connectivity index (χ4n) is 2.36. The quantitative estimate of drug-likeness (QED) is 0.857. The Bertz CT molecular complexity index is 616. The van der Waals surface area contributed by atoms with Crippen molar-refractivity contribution < 1.29 is 22.3 Å². The number of carbonyl (C=O) groups excluding carboxylic acids is 1. The zero-order valence-corrected chi connectivity index (χ0v) is 12.6. The number of benzene rings is 1. The Labute approximate surface area is 123 Å². The van der Waals surface area contributed by atoms with Crippen molar-refractivity contribution in [2.45, 2.75) is 25.3 Å². The summed E-state index contributed by atoms with van der Waals surface area (Å²) in [6.45, 7) is 1.86. The number of para-hydroxylation sites is 1. The molecule has 116 valence electrons. The maximum absolute atomic E-state index is 13.8. The van der Waals surface area contributed by atoms with Crippen molar-refractivity contribution in [1.82, 2.24) is 0 Å². The average Bonchev–Trinajstić information content (AvgIpc) is 2.44.